The van der Waals surface area contributed by atoms with Crippen molar-refractivity contribution in [2.75, 3.05) is 0 Å². The zero-order valence-corrected chi connectivity index (χ0v) is 13.5. The fourth-order valence-corrected chi connectivity index (χ4v) is 1.94. The Hall–Kier alpha value is -3.15. The predicted molar refractivity (Wildman–Crippen MR) is 90.2 cm³/mol. The quantitative estimate of drug-likeness (QED) is 0.746. The van der Waals surface area contributed by atoms with Crippen molar-refractivity contribution >= 4 is 17.7 Å². The lowest BCUT2D eigenvalue weighted by Crippen LogP contribution is -2.51. The second-order valence-electron chi connectivity index (χ2n) is 5.37. The van der Waals surface area contributed by atoms with Crippen molar-refractivity contribution in [3.63, 3.8) is 0 Å². The van der Waals surface area contributed by atoms with Crippen molar-refractivity contribution in [3.8, 4) is 0 Å². The molecule has 2 aromatic rings. The molecule has 2 aromatic carbocycles. The van der Waals surface area contributed by atoms with Gasteiger partial charge in [0.2, 0.25) is 0 Å². The van der Waals surface area contributed by atoms with Gasteiger partial charge in [-0.25, -0.2) is 0 Å². The molecule has 0 aliphatic carbocycles. The summed E-state index contributed by atoms with van der Waals surface area (Å²) in [5.74, 6) is -1.30. The maximum atomic E-state index is 12.0. The monoisotopic (exact) mass is 325 g/mol. The average molecular weight is 325 g/mol. The number of nitrogens with one attached hydrogen (secondary N) is 3. The van der Waals surface area contributed by atoms with Gasteiger partial charge in [-0.1, -0.05) is 35.9 Å². The maximum Gasteiger partial charge on any atom is 0.269 e. The van der Waals surface area contributed by atoms with Gasteiger partial charge in [-0.15, -0.1) is 0 Å². The summed E-state index contributed by atoms with van der Waals surface area (Å²) in [4.78, 5) is 35.8. The number of benzene rings is 2. The largest absolute Gasteiger partial charge is 0.340 e. The van der Waals surface area contributed by atoms with Gasteiger partial charge in [-0.05, 0) is 38.1 Å². The van der Waals surface area contributed by atoms with Gasteiger partial charge in [-0.3, -0.25) is 25.2 Å². The first-order valence-electron chi connectivity index (χ1n) is 7.50. The SMILES string of the molecule is Cc1ccc(C(=O)NNC(=O)[C@@H](C)NC(=O)c2ccccc2)cc1. The minimum Gasteiger partial charge on any atom is -0.340 e. The van der Waals surface area contributed by atoms with E-state index < -0.39 is 17.9 Å². The lowest BCUT2D eigenvalue weighted by molar-refractivity contribution is -0.123. The van der Waals surface area contributed by atoms with Crippen molar-refractivity contribution in [2.24, 2.45) is 0 Å². The first-order valence-corrected chi connectivity index (χ1v) is 7.50. The summed E-state index contributed by atoms with van der Waals surface area (Å²) in [6.07, 6.45) is 0. The molecule has 2 rings (SSSR count). The molecule has 0 heterocycles. The number of hydrazine groups is 1. The third-order valence-corrected chi connectivity index (χ3v) is 3.39. The van der Waals surface area contributed by atoms with Gasteiger partial charge < -0.3 is 5.32 Å². The molecule has 0 bridgehead atoms. The molecule has 0 fully saturated rings. The van der Waals surface area contributed by atoms with Crippen LogP contribution in [-0.4, -0.2) is 23.8 Å². The number of rotatable bonds is 4. The van der Waals surface area contributed by atoms with E-state index in [4.69, 9.17) is 0 Å². The molecule has 0 radical (unpaired) electrons. The molecule has 6 heteroatoms. The molecule has 0 saturated heterocycles. The maximum absolute atomic E-state index is 12.0. The smallest absolute Gasteiger partial charge is 0.269 e. The van der Waals surface area contributed by atoms with E-state index in [0.29, 0.717) is 11.1 Å². The van der Waals surface area contributed by atoms with E-state index in [1.165, 1.54) is 6.92 Å². The number of carbonyl (C=O) groups excluding carboxylic acids is 3. The number of carbonyl (C=O) groups is 3. The van der Waals surface area contributed by atoms with Crippen LogP contribution >= 0.6 is 0 Å². The van der Waals surface area contributed by atoms with Crippen molar-refractivity contribution in [1.82, 2.24) is 16.2 Å². The van der Waals surface area contributed by atoms with E-state index in [9.17, 15) is 14.4 Å². The van der Waals surface area contributed by atoms with Crippen LogP contribution in [0.5, 0.6) is 0 Å². The van der Waals surface area contributed by atoms with Gasteiger partial charge in [0, 0.05) is 11.1 Å². The first-order chi connectivity index (χ1) is 11.5. The minimum absolute atomic E-state index is 0.358. The standard InChI is InChI=1S/C18H19N3O3/c1-12-8-10-15(11-9-12)18(24)21-20-16(22)13(2)19-17(23)14-6-4-3-5-7-14/h3-11,13H,1-2H3,(H,19,23)(H,20,22)(H,21,24)/t13-/m1/s1. The Labute approximate surface area is 140 Å². The normalized spacial score (nSPS) is 11.2. The Morgan fingerprint density at radius 3 is 2.00 bits per heavy atom. The van der Waals surface area contributed by atoms with Gasteiger partial charge in [0.25, 0.3) is 17.7 Å². The van der Waals surface area contributed by atoms with Crippen LogP contribution in [0.2, 0.25) is 0 Å². The third kappa shape index (κ3) is 4.67. The Balaban J connectivity index is 1.84. The molecule has 0 aromatic heterocycles. The predicted octanol–water partition coefficient (Wildman–Crippen LogP) is 1.57. The number of amides is 3. The van der Waals surface area contributed by atoms with E-state index in [1.54, 1.807) is 54.6 Å². The summed E-state index contributed by atoms with van der Waals surface area (Å²) in [6, 6.07) is 14.7. The van der Waals surface area contributed by atoms with E-state index >= 15 is 0 Å². The van der Waals surface area contributed by atoms with Crippen molar-refractivity contribution < 1.29 is 14.4 Å². The van der Waals surface area contributed by atoms with Crippen LogP contribution in [0.15, 0.2) is 54.6 Å². The molecule has 0 aliphatic rings. The zero-order chi connectivity index (χ0) is 17.5. The molecule has 0 spiro atoms. The van der Waals surface area contributed by atoms with Crippen LogP contribution in [0.1, 0.15) is 33.2 Å². The van der Waals surface area contributed by atoms with Crippen LogP contribution < -0.4 is 16.2 Å². The highest BCUT2D eigenvalue weighted by Gasteiger charge is 2.17. The first kappa shape index (κ1) is 17.2. The van der Waals surface area contributed by atoms with Crippen LogP contribution in [0.3, 0.4) is 0 Å². The summed E-state index contributed by atoms with van der Waals surface area (Å²) in [5.41, 5.74) is 6.55. The van der Waals surface area contributed by atoms with E-state index in [1.807, 2.05) is 6.92 Å². The lowest BCUT2D eigenvalue weighted by atomic mass is 10.1. The number of aryl methyl sites for hydroxylation is 1. The molecule has 3 N–H and O–H groups in total. The molecule has 0 saturated carbocycles. The highest BCUT2D eigenvalue weighted by Crippen LogP contribution is 2.02. The highest BCUT2D eigenvalue weighted by molar-refractivity contribution is 5.98. The minimum atomic E-state index is -0.795. The Morgan fingerprint density at radius 2 is 1.38 bits per heavy atom. The fraction of sp³-hybridized carbons (Fsp3) is 0.167. The molecule has 24 heavy (non-hydrogen) atoms. The topological polar surface area (TPSA) is 87.3 Å². The summed E-state index contributed by atoms with van der Waals surface area (Å²) >= 11 is 0. The fourth-order valence-electron chi connectivity index (χ4n) is 1.94. The molecule has 1 atom stereocenters. The average Bonchev–Trinajstić information content (AvgIpc) is 2.60. The van der Waals surface area contributed by atoms with Gasteiger partial charge >= 0.3 is 0 Å². The zero-order valence-electron chi connectivity index (χ0n) is 13.5. The van der Waals surface area contributed by atoms with Crippen LogP contribution in [0, 0.1) is 6.92 Å². The summed E-state index contributed by atoms with van der Waals surface area (Å²) in [5, 5.41) is 2.56. The molecular weight excluding hydrogens is 306 g/mol. The third-order valence-electron chi connectivity index (χ3n) is 3.39. The lowest BCUT2D eigenvalue weighted by Gasteiger charge is -2.14. The van der Waals surface area contributed by atoms with E-state index in [-0.39, 0.29) is 5.91 Å². The van der Waals surface area contributed by atoms with Crippen molar-refractivity contribution in [2.45, 2.75) is 19.9 Å². The van der Waals surface area contributed by atoms with Gasteiger partial charge in [0.05, 0.1) is 0 Å². The van der Waals surface area contributed by atoms with Crippen LogP contribution in [-0.2, 0) is 4.79 Å². The second-order valence-corrected chi connectivity index (χ2v) is 5.37. The molecule has 3 amide bonds. The van der Waals surface area contributed by atoms with Gasteiger partial charge in [-0.2, -0.15) is 0 Å². The summed E-state index contributed by atoms with van der Waals surface area (Å²) in [6.45, 7) is 3.45. The molecular formula is C18H19N3O3. The number of hydrogen-bond acceptors (Lipinski definition) is 3. The molecule has 6 nitrogen and oxygen atoms in total. The van der Waals surface area contributed by atoms with Gasteiger partial charge in [0.15, 0.2) is 0 Å². The Bertz CT molecular complexity index is 727. The Morgan fingerprint density at radius 1 is 0.792 bits per heavy atom. The summed E-state index contributed by atoms with van der Waals surface area (Å²) in [7, 11) is 0. The van der Waals surface area contributed by atoms with Crippen molar-refractivity contribution in [3.05, 3.63) is 71.3 Å². The van der Waals surface area contributed by atoms with Crippen molar-refractivity contribution in [1.29, 1.82) is 0 Å². The Kier molecular flexibility index (Phi) is 5.68. The molecule has 0 unspecified atom stereocenters. The van der Waals surface area contributed by atoms with Crippen LogP contribution in [0.25, 0.3) is 0 Å². The van der Waals surface area contributed by atoms with Gasteiger partial charge in [0.1, 0.15) is 6.04 Å². The second kappa shape index (κ2) is 7.92. The van der Waals surface area contributed by atoms with E-state index in [0.717, 1.165) is 5.56 Å². The van der Waals surface area contributed by atoms with Crippen LogP contribution in [0.4, 0.5) is 0 Å². The molecule has 124 valence electrons. The highest BCUT2D eigenvalue weighted by atomic mass is 16.2. The number of hydrogen-bond donors (Lipinski definition) is 3. The van der Waals surface area contributed by atoms with E-state index in [2.05, 4.69) is 16.2 Å². The molecule has 0 aliphatic heterocycles. The summed E-state index contributed by atoms with van der Waals surface area (Å²) < 4.78 is 0.